The molecule has 0 unspecified atom stereocenters. The van der Waals surface area contributed by atoms with Gasteiger partial charge in [0.25, 0.3) is 0 Å². The zero-order chi connectivity index (χ0) is 13.7. The lowest BCUT2D eigenvalue weighted by atomic mass is 10.0. The van der Waals surface area contributed by atoms with Crippen molar-refractivity contribution in [2.45, 2.75) is 19.4 Å². The maximum Gasteiger partial charge on any atom is 0.227 e. The van der Waals surface area contributed by atoms with Gasteiger partial charge in [0, 0.05) is 32.6 Å². The summed E-state index contributed by atoms with van der Waals surface area (Å²) in [5.74, 6) is 0.0649. The first-order valence-corrected chi connectivity index (χ1v) is 6.52. The van der Waals surface area contributed by atoms with Crippen molar-refractivity contribution in [1.29, 1.82) is 0 Å². The average molecular weight is 261 g/mol. The van der Waals surface area contributed by atoms with Gasteiger partial charge in [0.05, 0.1) is 6.42 Å². The van der Waals surface area contributed by atoms with Crippen LogP contribution in [0.1, 0.15) is 17.5 Å². The SMILES string of the molecule is NCc1ccccc1CC(=O)N1CCNC(=O)CC1. The van der Waals surface area contributed by atoms with Crippen LogP contribution in [0.25, 0.3) is 0 Å². The van der Waals surface area contributed by atoms with E-state index in [0.717, 1.165) is 11.1 Å². The van der Waals surface area contributed by atoms with Crippen molar-refractivity contribution in [2.75, 3.05) is 19.6 Å². The Bertz CT molecular complexity index is 474. The Morgan fingerprint density at radius 2 is 2.00 bits per heavy atom. The van der Waals surface area contributed by atoms with Crippen LogP contribution in [0.5, 0.6) is 0 Å². The number of nitrogens with one attached hydrogen (secondary N) is 1. The molecule has 0 saturated carbocycles. The van der Waals surface area contributed by atoms with Gasteiger partial charge in [-0.15, -0.1) is 0 Å². The van der Waals surface area contributed by atoms with Gasteiger partial charge in [0.1, 0.15) is 0 Å². The van der Waals surface area contributed by atoms with Gasteiger partial charge in [-0.25, -0.2) is 0 Å². The van der Waals surface area contributed by atoms with Crippen molar-refractivity contribution >= 4 is 11.8 Å². The molecule has 0 spiro atoms. The first-order valence-electron chi connectivity index (χ1n) is 6.52. The number of amides is 2. The fourth-order valence-electron chi connectivity index (χ4n) is 2.22. The summed E-state index contributed by atoms with van der Waals surface area (Å²) in [5, 5.41) is 2.76. The van der Waals surface area contributed by atoms with E-state index in [1.54, 1.807) is 4.90 Å². The summed E-state index contributed by atoms with van der Waals surface area (Å²) in [6.07, 6.45) is 0.728. The summed E-state index contributed by atoms with van der Waals surface area (Å²) < 4.78 is 0. The summed E-state index contributed by atoms with van der Waals surface area (Å²) in [6.45, 7) is 2.04. The Hall–Kier alpha value is -1.88. The summed E-state index contributed by atoms with van der Waals surface area (Å²) in [7, 11) is 0. The van der Waals surface area contributed by atoms with E-state index in [-0.39, 0.29) is 11.8 Å². The lowest BCUT2D eigenvalue weighted by molar-refractivity contribution is -0.130. The summed E-state index contributed by atoms with van der Waals surface area (Å²) in [5.41, 5.74) is 7.64. The number of carbonyl (C=O) groups excluding carboxylic acids is 2. The smallest absolute Gasteiger partial charge is 0.227 e. The van der Waals surface area contributed by atoms with E-state index in [1.807, 2.05) is 24.3 Å². The van der Waals surface area contributed by atoms with Crippen LogP contribution < -0.4 is 11.1 Å². The van der Waals surface area contributed by atoms with Gasteiger partial charge in [-0.2, -0.15) is 0 Å². The van der Waals surface area contributed by atoms with E-state index in [1.165, 1.54) is 0 Å². The molecule has 1 aromatic rings. The Morgan fingerprint density at radius 1 is 1.26 bits per heavy atom. The fraction of sp³-hybridized carbons (Fsp3) is 0.429. The molecule has 1 heterocycles. The number of rotatable bonds is 3. The zero-order valence-electron chi connectivity index (χ0n) is 10.9. The van der Waals surface area contributed by atoms with Gasteiger partial charge in [0.2, 0.25) is 11.8 Å². The summed E-state index contributed by atoms with van der Waals surface area (Å²) in [6, 6.07) is 7.71. The summed E-state index contributed by atoms with van der Waals surface area (Å²) in [4.78, 5) is 25.2. The van der Waals surface area contributed by atoms with Crippen molar-refractivity contribution in [1.82, 2.24) is 10.2 Å². The summed E-state index contributed by atoms with van der Waals surface area (Å²) >= 11 is 0. The van der Waals surface area contributed by atoms with Crippen LogP contribution in [-0.4, -0.2) is 36.3 Å². The molecular formula is C14H19N3O2. The molecular weight excluding hydrogens is 242 g/mol. The fourth-order valence-corrected chi connectivity index (χ4v) is 2.22. The molecule has 1 fully saturated rings. The van der Waals surface area contributed by atoms with Crippen LogP contribution in [-0.2, 0) is 22.6 Å². The van der Waals surface area contributed by atoms with E-state index in [4.69, 9.17) is 5.73 Å². The van der Waals surface area contributed by atoms with Gasteiger partial charge in [-0.3, -0.25) is 9.59 Å². The van der Waals surface area contributed by atoms with Crippen LogP contribution >= 0.6 is 0 Å². The molecule has 1 aromatic carbocycles. The maximum absolute atomic E-state index is 12.2. The highest BCUT2D eigenvalue weighted by Crippen LogP contribution is 2.11. The molecule has 0 bridgehead atoms. The molecule has 102 valence electrons. The second-order valence-electron chi connectivity index (χ2n) is 4.63. The van der Waals surface area contributed by atoms with E-state index in [0.29, 0.717) is 39.0 Å². The Morgan fingerprint density at radius 3 is 2.74 bits per heavy atom. The van der Waals surface area contributed by atoms with E-state index in [2.05, 4.69) is 5.32 Å². The monoisotopic (exact) mass is 261 g/mol. The number of nitrogens with zero attached hydrogens (tertiary/aromatic N) is 1. The highest BCUT2D eigenvalue weighted by molar-refractivity contribution is 5.81. The van der Waals surface area contributed by atoms with Crippen LogP contribution in [0.4, 0.5) is 0 Å². The number of nitrogens with two attached hydrogens (primary N) is 1. The van der Waals surface area contributed by atoms with Crippen molar-refractivity contribution in [3.63, 3.8) is 0 Å². The van der Waals surface area contributed by atoms with Crippen molar-refractivity contribution in [3.8, 4) is 0 Å². The normalized spacial score (nSPS) is 15.8. The Labute approximate surface area is 112 Å². The van der Waals surface area contributed by atoms with E-state index < -0.39 is 0 Å². The van der Waals surface area contributed by atoms with Crippen molar-refractivity contribution in [3.05, 3.63) is 35.4 Å². The van der Waals surface area contributed by atoms with Gasteiger partial charge >= 0.3 is 0 Å². The molecule has 2 rings (SSSR count). The topological polar surface area (TPSA) is 75.4 Å². The number of carbonyl (C=O) groups is 2. The first kappa shape index (κ1) is 13.5. The highest BCUT2D eigenvalue weighted by atomic mass is 16.2. The third-order valence-corrected chi connectivity index (χ3v) is 3.35. The second kappa shape index (κ2) is 6.33. The second-order valence-corrected chi connectivity index (χ2v) is 4.63. The molecule has 5 heteroatoms. The number of benzene rings is 1. The standard InChI is InChI=1S/C14H19N3O2/c15-10-12-4-2-1-3-11(12)9-14(19)17-7-5-13(18)16-6-8-17/h1-4H,5-10,15H2,(H,16,18). The molecule has 5 nitrogen and oxygen atoms in total. The minimum absolute atomic E-state index is 0.0117. The third kappa shape index (κ3) is 3.54. The minimum atomic E-state index is 0.0117. The third-order valence-electron chi connectivity index (χ3n) is 3.35. The van der Waals surface area contributed by atoms with Crippen LogP contribution in [0.3, 0.4) is 0 Å². The lowest BCUT2D eigenvalue weighted by Crippen LogP contribution is -2.35. The minimum Gasteiger partial charge on any atom is -0.354 e. The van der Waals surface area contributed by atoms with Crippen LogP contribution in [0, 0.1) is 0 Å². The quantitative estimate of drug-likeness (QED) is 0.806. The predicted molar refractivity (Wildman–Crippen MR) is 72.2 cm³/mol. The average Bonchev–Trinajstić information content (AvgIpc) is 2.64. The van der Waals surface area contributed by atoms with Gasteiger partial charge in [-0.1, -0.05) is 24.3 Å². The molecule has 2 amide bonds. The van der Waals surface area contributed by atoms with Gasteiger partial charge < -0.3 is 16.0 Å². The Kier molecular flexibility index (Phi) is 4.52. The molecule has 1 aliphatic rings. The zero-order valence-corrected chi connectivity index (χ0v) is 10.9. The molecule has 1 aliphatic heterocycles. The number of hydrogen-bond donors (Lipinski definition) is 2. The van der Waals surface area contributed by atoms with Gasteiger partial charge in [-0.05, 0) is 11.1 Å². The predicted octanol–water partition coefficient (Wildman–Crippen LogP) is 0.0363. The molecule has 0 radical (unpaired) electrons. The Balaban J connectivity index is 2.02. The molecule has 0 aromatic heterocycles. The maximum atomic E-state index is 12.2. The molecule has 19 heavy (non-hydrogen) atoms. The molecule has 0 atom stereocenters. The molecule has 0 aliphatic carbocycles. The van der Waals surface area contributed by atoms with E-state index in [9.17, 15) is 9.59 Å². The first-order chi connectivity index (χ1) is 9.20. The van der Waals surface area contributed by atoms with Gasteiger partial charge in [0.15, 0.2) is 0 Å². The largest absolute Gasteiger partial charge is 0.354 e. The van der Waals surface area contributed by atoms with Crippen LogP contribution in [0.2, 0.25) is 0 Å². The van der Waals surface area contributed by atoms with Crippen molar-refractivity contribution < 1.29 is 9.59 Å². The number of hydrogen-bond acceptors (Lipinski definition) is 3. The molecule has 3 N–H and O–H groups in total. The lowest BCUT2D eigenvalue weighted by Gasteiger charge is -2.20. The highest BCUT2D eigenvalue weighted by Gasteiger charge is 2.19. The molecule has 1 saturated heterocycles. The van der Waals surface area contributed by atoms with E-state index >= 15 is 0 Å². The van der Waals surface area contributed by atoms with Crippen LogP contribution in [0.15, 0.2) is 24.3 Å². The van der Waals surface area contributed by atoms with Crippen molar-refractivity contribution in [2.24, 2.45) is 5.73 Å².